The van der Waals surface area contributed by atoms with E-state index in [4.69, 9.17) is 15.8 Å². The van der Waals surface area contributed by atoms with Crippen LogP contribution < -0.4 is 5.32 Å². The first kappa shape index (κ1) is 11.1. The largest absolute Gasteiger partial charge is 0.319 e. The summed E-state index contributed by atoms with van der Waals surface area (Å²) in [4.78, 5) is 3.83. The minimum Gasteiger partial charge on any atom is -0.319 e. The standard InChI is InChI=1S/C11H10N6/c12-3-9(16-8-1-2-8)6-17-7-15-10(4-13)11(17)5-14/h7-9,16H,1-2,6H2. The van der Waals surface area contributed by atoms with Crippen LogP contribution in [-0.2, 0) is 6.54 Å². The highest BCUT2D eigenvalue weighted by molar-refractivity contribution is 5.36. The van der Waals surface area contributed by atoms with Gasteiger partial charge in [0.05, 0.1) is 18.9 Å². The zero-order valence-corrected chi connectivity index (χ0v) is 9.09. The van der Waals surface area contributed by atoms with E-state index >= 15 is 0 Å². The molecule has 17 heavy (non-hydrogen) atoms. The van der Waals surface area contributed by atoms with Gasteiger partial charge in [-0.2, -0.15) is 15.8 Å². The topological polar surface area (TPSA) is 101 Å². The lowest BCUT2D eigenvalue weighted by atomic mass is 10.3. The number of hydrogen-bond donors (Lipinski definition) is 1. The molecular weight excluding hydrogens is 216 g/mol. The van der Waals surface area contributed by atoms with E-state index in [0.717, 1.165) is 12.8 Å². The van der Waals surface area contributed by atoms with Crippen LogP contribution in [0.15, 0.2) is 6.33 Å². The highest BCUT2D eigenvalue weighted by Gasteiger charge is 2.25. The molecule has 2 rings (SSSR count). The molecular formula is C11H10N6. The maximum Gasteiger partial charge on any atom is 0.176 e. The molecule has 0 spiro atoms. The second kappa shape index (κ2) is 4.65. The van der Waals surface area contributed by atoms with Gasteiger partial charge in [0.25, 0.3) is 0 Å². The Hall–Kier alpha value is -2.36. The Bertz CT molecular complexity index is 534. The Labute approximate surface area is 98.7 Å². The first-order valence-electron chi connectivity index (χ1n) is 5.29. The average Bonchev–Trinajstić information content (AvgIpc) is 3.07. The number of hydrogen-bond acceptors (Lipinski definition) is 5. The minimum absolute atomic E-state index is 0.107. The third-order valence-electron chi connectivity index (χ3n) is 2.60. The number of aromatic nitrogens is 2. The fourth-order valence-corrected chi connectivity index (χ4v) is 1.58. The fraction of sp³-hybridized carbons (Fsp3) is 0.455. The number of rotatable bonds is 4. The fourth-order valence-electron chi connectivity index (χ4n) is 1.58. The van der Waals surface area contributed by atoms with E-state index in [0.29, 0.717) is 12.6 Å². The Kier molecular flexibility index (Phi) is 3.05. The van der Waals surface area contributed by atoms with E-state index in [-0.39, 0.29) is 17.4 Å². The Morgan fingerprint density at radius 3 is 2.71 bits per heavy atom. The Balaban J connectivity index is 2.12. The number of nitrogens with one attached hydrogen (secondary N) is 1. The molecule has 0 saturated heterocycles. The van der Waals surface area contributed by atoms with Crippen molar-refractivity contribution in [2.45, 2.75) is 31.5 Å². The number of nitrogens with zero attached hydrogens (tertiary/aromatic N) is 5. The van der Waals surface area contributed by atoms with Gasteiger partial charge in [0.15, 0.2) is 11.4 Å². The highest BCUT2D eigenvalue weighted by atomic mass is 15.1. The molecule has 1 aliphatic carbocycles. The summed E-state index contributed by atoms with van der Waals surface area (Å²) in [5.74, 6) is 0. The van der Waals surface area contributed by atoms with Gasteiger partial charge in [0.2, 0.25) is 0 Å². The second-order valence-corrected chi connectivity index (χ2v) is 3.94. The molecule has 0 aromatic carbocycles. The summed E-state index contributed by atoms with van der Waals surface area (Å²) in [5.41, 5.74) is 0.320. The van der Waals surface area contributed by atoms with Crippen LogP contribution in [0.2, 0.25) is 0 Å². The van der Waals surface area contributed by atoms with Gasteiger partial charge in [-0.05, 0) is 12.8 Å². The summed E-state index contributed by atoms with van der Waals surface area (Å²) in [5, 5.41) is 29.8. The maximum atomic E-state index is 9.00. The SMILES string of the molecule is N#Cc1ncn(CC(C#N)NC2CC2)c1C#N. The molecule has 1 atom stereocenters. The summed E-state index contributed by atoms with van der Waals surface area (Å²) in [6.07, 6.45) is 3.61. The summed E-state index contributed by atoms with van der Waals surface area (Å²) in [6, 6.07) is 6.01. The van der Waals surface area contributed by atoms with E-state index < -0.39 is 0 Å². The molecule has 0 bridgehead atoms. The van der Waals surface area contributed by atoms with Crippen LogP contribution in [0.5, 0.6) is 0 Å². The van der Waals surface area contributed by atoms with Crippen LogP contribution in [0, 0.1) is 34.0 Å². The van der Waals surface area contributed by atoms with Crippen molar-refractivity contribution in [3.63, 3.8) is 0 Å². The van der Waals surface area contributed by atoms with Gasteiger partial charge >= 0.3 is 0 Å². The van der Waals surface area contributed by atoms with Crippen molar-refractivity contribution < 1.29 is 0 Å². The summed E-state index contributed by atoms with van der Waals surface area (Å²) < 4.78 is 1.54. The zero-order chi connectivity index (χ0) is 12.3. The summed E-state index contributed by atoms with van der Waals surface area (Å²) in [6.45, 7) is 0.338. The van der Waals surface area contributed by atoms with Gasteiger partial charge in [-0.1, -0.05) is 0 Å². The number of nitriles is 3. The third-order valence-corrected chi connectivity index (χ3v) is 2.60. The molecule has 1 unspecified atom stereocenters. The molecule has 0 aliphatic heterocycles. The normalized spacial score (nSPS) is 15.6. The van der Waals surface area contributed by atoms with Crippen LogP contribution in [-0.4, -0.2) is 21.6 Å². The quantitative estimate of drug-likeness (QED) is 0.794. The molecule has 1 saturated carbocycles. The molecule has 1 aliphatic rings. The lowest BCUT2D eigenvalue weighted by Gasteiger charge is -2.11. The van der Waals surface area contributed by atoms with Crippen molar-refractivity contribution in [3.8, 4) is 18.2 Å². The van der Waals surface area contributed by atoms with E-state index in [1.165, 1.54) is 6.33 Å². The molecule has 1 aromatic rings. The van der Waals surface area contributed by atoms with Crippen LogP contribution >= 0.6 is 0 Å². The lowest BCUT2D eigenvalue weighted by Crippen LogP contribution is -2.33. The van der Waals surface area contributed by atoms with Gasteiger partial charge in [-0.3, -0.25) is 5.32 Å². The van der Waals surface area contributed by atoms with Gasteiger partial charge in [0, 0.05) is 6.04 Å². The molecule has 1 fully saturated rings. The molecule has 1 heterocycles. The Morgan fingerprint density at radius 1 is 1.41 bits per heavy atom. The summed E-state index contributed by atoms with van der Waals surface area (Å²) >= 11 is 0. The van der Waals surface area contributed by atoms with Crippen molar-refractivity contribution >= 4 is 0 Å². The van der Waals surface area contributed by atoms with Crippen molar-refractivity contribution in [3.05, 3.63) is 17.7 Å². The predicted molar refractivity (Wildman–Crippen MR) is 57.2 cm³/mol. The maximum absolute atomic E-state index is 9.00. The van der Waals surface area contributed by atoms with Crippen LogP contribution in [0.1, 0.15) is 24.2 Å². The van der Waals surface area contributed by atoms with Crippen molar-refractivity contribution in [1.29, 1.82) is 15.8 Å². The van der Waals surface area contributed by atoms with E-state index in [2.05, 4.69) is 16.4 Å². The first-order valence-corrected chi connectivity index (χ1v) is 5.29. The van der Waals surface area contributed by atoms with Gasteiger partial charge < -0.3 is 4.57 Å². The van der Waals surface area contributed by atoms with Crippen molar-refractivity contribution in [2.75, 3.05) is 0 Å². The van der Waals surface area contributed by atoms with E-state index in [9.17, 15) is 0 Å². The highest BCUT2D eigenvalue weighted by Crippen LogP contribution is 2.19. The first-order chi connectivity index (χ1) is 8.28. The molecule has 6 heteroatoms. The van der Waals surface area contributed by atoms with Crippen LogP contribution in [0.4, 0.5) is 0 Å². The minimum atomic E-state index is -0.352. The smallest absolute Gasteiger partial charge is 0.176 e. The third kappa shape index (κ3) is 2.42. The molecule has 1 aromatic heterocycles. The second-order valence-electron chi connectivity index (χ2n) is 3.94. The number of imidazole rings is 1. The van der Waals surface area contributed by atoms with Crippen molar-refractivity contribution in [1.82, 2.24) is 14.9 Å². The lowest BCUT2D eigenvalue weighted by molar-refractivity contribution is 0.517. The average molecular weight is 226 g/mol. The molecule has 0 radical (unpaired) electrons. The molecule has 1 N–H and O–H groups in total. The summed E-state index contributed by atoms with van der Waals surface area (Å²) in [7, 11) is 0. The zero-order valence-electron chi connectivity index (χ0n) is 9.09. The van der Waals surface area contributed by atoms with Gasteiger partial charge in [-0.25, -0.2) is 4.98 Å². The van der Waals surface area contributed by atoms with E-state index in [1.807, 2.05) is 12.1 Å². The monoisotopic (exact) mass is 226 g/mol. The van der Waals surface area contributed by atoms with Gasteiger partial charge in [-0.15, -0.1) is 0 Å². The van der Waals surface area contributed by atoms with E-state index in [1.54, 1.807) is 4.57 Å². The van der Waals surface area contributed by atoms with Crippen molar-refractivity contribution in [2.24, 2.45) is 0 Å². The Morgan fingerprint density at radius 2 is 2.18 bits per heavy atom. The molecule has 0 amide bonds. The van der Waals surface area contributed by atoms with Crippen LogP contribution in [0.25, 0.3) is 0 Å². The molecule has 6 nitrogen and oxygen atoms in total. The molecule has 84 valence electrons. The van der Waals surface area contributed by atoms with Gasteiger partial charge in [0.1, 0.15) is 18.2 Å². The van der Waals surface area contributed by atoms with Crippen LogP contribution in [0.3, 0.4) is 0 Å². The predicted octanol–water partition coefficient (Wildman–Crippen LogP) is 0.271.